The topological polar surface area (TPSA) is 54.5 Å². The minimum absolute atomic E-state index is 0.00174. The van der Waals surface area contributed by atoms with Gasteiger partial charge < -0.3 is 15.0 Å². The van der Waals surface area contributed by atoms with Crippen LogP contribution in [0.25, 0.3) is 11.3 Å². The predicted octanol–water partition coefficient (Wildman–Crippen LogP) is 6.61. The summed E-state index contributed by atoms with van der Waals surface area (Å²) in [7, 11) is 1.67. The quantitative estimate of drug-likeness (QED) is 0.291. The first-order valence-corrected chi connectivity index (χ1v) is 12.8. The van der Waals surface area contributed by atoms with Gasteiger partial charge in [0.1, 0.15) is 5.75 Å². The predicted molar refractivity (Wildman–Crippen MR) is 143 cm³/mol. The molecule has 5 nitrogen and oxygen atoms in total. The number of aromatic nitrogens is 1. The average Bonchev–Trinajstić information content (AvgIpc) is 3.61. The number of rotatable bonds is 9. The summed E-state index contributed by atoms with van der Waals surface area (Å²) >= 11 is 1.62. The molecule has 3 aromatic carbocycles. The fourth-order valence-corrected chi connectivity index (χ4v) is 4.74. The molecule has 1 N–H and O–H groups in total. The molecule has 5 rings (SSSR count). The zero-order valence-corrected chi connectivity index (χ0v) is 20.8. The molecule has 1 fully saturated rings. The number of amides is 1. The van der Waals surface area contributed by atoms with Crippen LogP contribution in [0.5, 0.6) is 5.75 Å². The Labute approximate surface area is 210 Å². The molecule has 0 spiro atoms. The third-order valence-corrected chi connectivity index (χ3v) is 7.12. The molecule has 0 atom stereocenters. The summed E-state index contributed by atoms with van der Waals surface area (Å²) in [5.74, 6) is 1.48. The van der Waals surface area contributed by atoms with Crippen molar-refractivity contribution in [2.45, 2.75) is 26.3 Å². The van der Waals surface area contributed by atoms with Crippen LogP contribution in [-0.2, 0) is 6.54 Å². The Morgan fingerprint density at radius 2 is 1.74 bits per heavy atom. The molecule has 1 amide bonds. The first-order chi connectivity index (χ1) is 17.1. The number of thiazole rings is 1. The molecule has 1 aliphatic carbocycles. The van der Waals surface area contributed by atoms with Crippen LogP contribution in [0.2, 0.25) is 0 Å². The Bertz CT molecular complexity index is 1280. The normalized spacial score (nSPS) is 12.9. The van der Waals surface area contributed by atoms with E-state index < -0.39 is 0 Å². The van der Waals surface area contributed by atoms with Gasteiger partial charge in [0, 0.05) is 28.7 Å². The first kappa shape index (κ1) is 23.1. The molecule has 0 saturated heterocycles. The van der Waals surface area contributed by atoms with E-state index in [2.05, 4.69) is 46.8 Å². The van der Waals surface area contributed by atoms with Gasteiger partial charge in [-0.25, -0.2) is 4.98 Å². The number of hydrogen-bond donors (Lipinski definition) is 1. The number of nitrogens with one attached hydrogen (secondary N) is 1. The summed E-state index contributed by atoms with van der Waals surface area (Å²) in [6, 6.07) is 24.3. The zero-order chi connectivity index (χ0) is 24.2. The summed E-state index contributed by atoms with van der Waals surface area (Å²) in [5, 5.41) is 6.05. The molecule has 1 saturated carbocycles. The number of hydrogen-bond acceptors (Lipinski definition) is 5. The molecule has 0 unspecified atom stereocenters. The largest absolute Gasteiger partial charge is 0.497 e. The van der Waals surface area contributed by atoms with Gasteiger partial charge >= 0.3 is 0 Å². The van der Waals surface area contributed by atoms with E-state index in [4.69, 9.17) is 9.72 Å². The molecular weight excluding hydrogens is 454 g/mol. The Morgan fingerprint density at radius 1 is 1.03 bits per heavy atom. The van der Waals surface area contributed by atoms with E-state index in [9.17, 15) is 4.79 Å². The third kappa shape index (κ3) is 5.72. The van der Waals surface area contributed by atoms with Crippen LogP contribution in [0.3, 0.4) is 0 Å². The molecular formula is C29H29N3O2S. The van der Waals surface area contributed by atoms with Gasteiger partial charge in [0.05, 0.1) is 19.3 Å². The molecule has 0 bridgehead atoms. The van der Waals surface area contributed by atoms with E-state index in [0.717, 1.165) is 39.9 Å². The number of carbonyl (C=O) groups excluding carboxylic acids is 1. The van der Waals surface area contributed by atoms with Crippen LogP contribution in [0.1, 0.15) is 34.3 Å². The Morgan fingerprint density at radius 3 is 2.40 bits per heavy atom. The van der Waals surface area contributed by atoms with E-state index in [0.29, 0.717) is 18.0 Å². The third-order valence-electron chi connectivity index (χ3n) is 6.26. The van der Waals surface area contributed by atoms with Crippen molar-refractivity contribution in [1.29, 1.82) is 0 Å². The molecule has 6 heteroatoms. The molecule has 1 heterocycles. The summed E-state index contributed by atoms with van der Waals surface area (Å²) in [6.07, 6.45) is 2.45. The van der Waals surface area contributed by atoms with Crippen molar-refractivity contribution >= 4 is 28.1 Å². The van der Waals surface area contributed by atoms with Gasteiger partial charge in [-0.05, 0) is 67.6 Å². The number of ether oxygens (including phenoxy) is 1. The van der Waals surface area contributed by atoms with Gasteiger partial charge in [-0.2, -0.15) is 0 Å². The maximum Gasteiger partial charge on any atom is 0.251 e. The number of aryl methyl sites for hydroxylation is 1. The van der Waals surface area contributed by atoms with Crippen molar-refractivity contribution in [3.05, 3.63) is 94.9 Å². The molecule has 1 aliphatic rings. The van der Waals surface area contributed by atoms with Gasteiger partial charge in [-0.3, -0.25) is 4.79 Å². The Kier molecular flexibility index (Phi) is 6.82. The van der Waals surface area contributed by atoms with Gasteiger partial charge in [-0.15, -0.1) is 11.3 Å². The highest BCUT2D eigenvalue weighted by Gasteiger charge is 2.22. The number of carbonyl (C=O) groups is 1. The molecule has 178 valence electrons. The van der Waals surface area contributed by atoms with Crippen molar-refractivity contribution < 1.29 is 9.53 Å². The Hall–Kier alpha value is -3.64. The molecule has 0 aliphatic heterocycles. The fraction of sp³-hybridized carbons (Fsp3) is 0.241. The highest BCUT2D eigenvalue weighted by atomic mass is 32.1. The van der Waals surface area contributed by atoms with Crippen LogP contribution in [0, 0.1) is 12.8 Å². The zero-order valence-electron chi connectivity index (χ0n) is 20.0. The van der Waals surface area contributed by atoms with E-state index >= 15 is 0 Å². The lowest BCUT2D eigenvalue weighted by Gasteiger charge is -2.22. The van der Waals surface area contributed by atoms with Crippen molar-refractivity contribution in [2.24, 2.45) is 5.92 Å². The van der Waals surface area contributed by atoms with Gasteiger partial charge in [0.15, 0.2) is 5.13 Å². The van der Waals surface area contributed by atoms with Crippen LogP contribution in [0.4, 0.5) is 10.8 Å². The Balaban J connectivity index is 1.38. The standard InChI is InChI=1S/C29H29N3O2S/c1-20-3-9-23(10-4-20)27-19-35-29(31-27)32(25-13-15-26(34-2)16-14-25)18-22-7-11-24(12-8-22)28(33)30-17-21-5-6-21/h3-4,7-16,19,21H,5-6,17-18H2,1-2H3,(H,30,33). The molecule has 1 aromatic heterocycles. The second kappa shape index (κ2) is 10.3. The van der Waals surface area contributed by atoms with Crippen molar-refractivity contribution in [3.63, 3.8) is 0 Å². The summed E-state index contributed by atoms with van der Waals surface area (Å²) < 4.78 is 5.35. The van der Waals surface area contributed by atoms with Crippen molar-refractivity contribution in [1.82, 2.24) is 10.3 Å². The maximum absolute atomic E-state index is 12.4. The lowest BCUT2D eigenvalue weighted by atomic mass is 10.1. The second-order valence-corrected chi connectivity index (χ2v) is 9.85. The first-order valence-electron chi connectivity index (χ1n) is 11.9. The summed E-state index contributed by atoms with van der Waals surface area (Å²) in [5.41, 5.74) is 6.13. The number of anilines is 2. The van der Waals surface area contributed by atoms with Crippen molar-refractivity contribution in [2.75, 3.05) is 18.6 Å². The highest BCUT2D eigenvalue weighted by molar-refractivity contribution is 7.14. The minimum Gasteiger partial charge on any atom is -0.497 e. The van der Waals surface area contributed by atoms with Gasteiger partial charge in [-0.1, -0.05) is 42.0 Å². The minimum atomic E-state index is -0.00174. The van der Waals surface area contributed by atoms with E-state index in [-0.39, 0.29) is 5.91 Å². The number of methoxy groups -OCH3 is 1. The SMILES string of the molecule is COc1ccc(N(Cc2ccc(C(=O)NCC3CC3)cc2)c2nc(-c3ccc(C)cc3)cs2)cc1. The van der Waals surface area contributed by atoms with Crippen LogP contribution < -0.4 is 15.0 Å². The summed E-state index contributed by atoms with van der Waals surface area (Å²) in [6.45, 7) is 3.50. The van der Waals surface area contributed by atoms with Crippen LogP contribution in [0.15, 0.2) is 78.2 Å². The van der Waals surface area contributed by atoms with Crippen LogP contribution in [-0.4, -0.2) is 24.5 Å². The van der Waals surface area contributed by atoms with E-state index in [1.165, 1.54) is 18.4 Å². The van der Waals surface area contributed by atoms with Crippen molar-refractivity contribution in [3.8, 4) is 17.0 Å². The second-order valence-electron chi connectivity index (χ2n) is 9.02. The monoisotopic (exact) mass is 483 g/mol. The van der Waals surface area contributed by atoms with E-state index in [1.807, 2.05) is 48.5 Å². The molecule has 35 heavy (non-hydrogen) atoms. The number of benzene rings is 3. The lowest BCUT2D eigenvalue weighted by Crippen LogP contribution is -2.25. The maximum atomic E-state index is 12.4. The molecule has 4 aromatic rings. The smallest absolute Gasteiger partial charge is 0.251 e. The van der Waals surface area contributed by atoms with Crippen LogP contribution >= 0.6 is 11.3 Å². The average molecular weight is 484 g/mol. The van der Waals surface area contributed by atoms with E-state index in [1.54, 1.807) is 18.4 Å². The van der Waals surface area contributed by atoms with Gasteiger partial charge in [0.25, 0.3) is 5.91 Å². The summed E-state index contributed by atoms with van der Waals surface area (Å²) in [4.78, 5) is 19.6. The lowest BCUT2D eigenvalue weighted by molar-refractivity contribution is 0.0952. The number of nitrogens with zero attached hydrogens (tertiary/aromatic N) is 2. The van der Waals surface area contributed by atoms with Gasteiger partial charge in [0.2, 0.25) is 0 Å². The highest BCUT2D eigenvalue weighted by Crippen LogP contribution is 2.34. The molecule has 0 radical (unpaired) electrons. The fourth-order valence-electron chi connectivity index (χ4n) is 3.88.